The molecule has 0 bridgehead atoms. The summed E-state index contributed by atoms with van der Waals surface area (Å²) < 4.78 is 13.4. The molecule has 0 fully saturated rings. The molecule has 0 radical (unpaired) electrons. The monoisotopic (exact) mass is 617 g/mol. The van der Waals surface area contributed by atoms with Crippen LogP contribution in [0.15, 0.2) is 160 Å². The minimum atomic E-state index is -0.137. The standard InChI is InChI=1S/C45H31NO2/c1-45(2)36-17-9-6-14-32(36)33-25-24-31(26-37(33)45)46(30-22-20-29(21-23-30)28-12-4-3-5-13-28)38-27-41-42(34-15-7-10-18-39(34)47-41)43-35-16-8-11-19-40(35)48-44(38)43/h3-27H,1-2H3. The van der Waals surface area contributed by atoms with E-state index in [0.717, 1.165) is 60.9 Å². The SMILES string of the molecule is CC1(C)c2ccccc2-c2ccc(N(c3ccc(-c4ccccc4)cc3)c3cc4oc5ccccc5c4c4c3oc3ccccc34)cc21. The molecule has 3 heteroatoms. The number of para-hydroxylation sites is 2. The van der Waals surface area contributed by atoms with Crippen LogP contribution < -0.4 is 4.90 Å². The van der Waals surface area contributed by atoms with Crippen LogP contribution in [-0.4, -0.2) is 0 Å². The van der Waals surface area contributed by atoms with Crippen LogP contribution in [-0.2, 0) is 5.41 Å². The average molecular weight is 618 g/mol. The van der Waals surface area contributed by atoms with E-state index in [0.29, 0.717) is 0 Å². The van der Waals surface area contributed by atoms with Gasteiger partial charge in [-0.25, -0.2) is 0 Å². The topological polar surface area (TPSA) is 29.5 Å². The van der Waals surface area contributed by atoms with Crippen LogP contribution in [0.4, 0.5) is 17.1 Å². The molecular weight excluding hydrogens is 587 g/mol. The molecule has 10 rings (SSSR count). The first-order valence-electron chi connectivity index (χ1n) is 16.5. The van der Waals surface area contributed by atoms with Crippen molar-refractivity contribution in [3.8, 4) is 22.3 Å². The molecule has 9 aromatic rings. The first-order chi connectivity index (χ1) is 23.6. The van der Waals surface area contributed by atoms with E-state index in [9.17, 15) is 0 Å². The van der Waals surface area contributed by atoms with E-state index in [4.69, 9.17) is 8.83 Å². The van der Waals surface area contributed by atoms with Crippen molar-refractivity contribution < 1.29 is 8.83 Å². The fourth-order valence-corrected chi connectivity index (χ4v) is 7.95. The maximum Gasteiger partial charge on any atom is 0.160 e. The van der Waals surface area contributed by atoms with E-state index in [-0.39, 0.29) is 5.41 Å². The lowest BCUT2D eigenvalue weighted by molar-refractivity contribution is 0.660. The highest BCUT2D eigenvalue weighted by atomic mass is 16.3. The molecule has 7 aromatic carbocycles. The van der Waals surface area contributed by atoms with Gasteiger partial charge in [-0.3, -0.25) is 0 Å². The Hall–Kier alpha value is -6.06. The lowest BCUT2D eigenvalue weighted by atomic mass is 9.82. The Morgan fingerprint density at radius 1 is 0.458 bits per heavy atom. The zero-order valence-electron chi connectivity index (χ0n) is 26.7. The van der Waals surface area contributed by atoms with E-state index in [1.54, 1.807) is 0 Å². The Morgan fingerprint density at radius 2 is 1.06 bits per heavy atom. The van der Waals surface area contributed by atoms with Crippen LogP contribution in [0.2, 0.25) is 0 Å². The van der Waals surface area contributed by atoms with E-state index in [2.05, 4.69) is 152 Å². The van der Waals surface area contributed by atoms with Gasteiger partial charge < -0.3 is 13.7 Å². The normalized spacial score (nSPS) is 13.4. The number of hydrogen-bond donors (Lipinski definition) is 0. The summed E-state index contributed by atoms with van der Waals surface area (Å²) in [5.74, 6) is 0. The number of benzene rings is 7. The lowest BCUT2D eigenvalue weighted by Crippen LogP contribution is -2.16. The van der Waals surface area contributed by atoms with Gasteiger partial charge in [-0.15, -0.1) is 0 Å². The molecule has 0 saturated heterocycles. The predicted molar refractivity (Wildman–Crippen MR) is 199 cm³/mol. The molecule has 0 spiro atoms. The van der Waals surface area contributed by atoms with Gasteiger partial charge in [-0.05, 0) is 69.8 Å². The zero-order chi connectivity index (χ0) is 32.0. The van der Waals surface area contributed by atoms with Gasteiger partial charge in [-0.2, -0.15) is 0 Å². The molecule has 228 valence electrons. The second-order valence-electron chi connectivity index (χ2n) is 13.3. The Labute approximate surface area is 278 Å². The quantitative estimate of drug-likeness (QED) is 0.197. The van der Waals surface area contributed by atoms with Crippen molar-refractivity contribution in [1.29, 1.82) is 0 Å². The van der Waals surface area contributed by atoms with Crippen LogP contribution in [0.5, 0.6) is 0 Å². The van der Waals surface area contributed by atoms with Gasteiger partial charge in [-0.1, -0.05) is 123 Å². The third-order valence-electron chi connectivity index (χ3n) is 10.3. The van der Waals surface area contributed by atoms with E-state index < -0.39 is 0 Å². The van der Waals surface area contributed by atoms with Gasteiger partial charge in [0.05, 0.1) is 5.69 Å². The van der Waals surface area contributed by atoms with E-state index in [1.807, 2.05) is 18.2 Å². The lowest BCUT2D eigenvalue weighted by Gasteiger charge is -2.28. The Morgan fingerprint density at radius 3 is 1.85 bits per heavy atom. The first-order valence-corrected chi connectivity index (χ1v) is 16.5. The van der Waals surface area contributed by atoms with Gasteiger partial charge in [0.2, 0.25) is 0 Å². The van der Waals surface area contributed by atoms with E-state index in [1.165, 1.54) is 33.4 Å². The van der Waals surface area contributed by atoms with Gasteiger partial charge in [0.25, 0.3) is 0 Å². The first kappa shape index (κ1) is 27.1. The second-order valence-corrected chi connectivity index (χ2v) is 13.3. The summed E-state index contributed by atoms with van der Waals surface area (Å²) in [5.41, 5.74) is 14.0. The molecule has 3 nitrogen and oxygen atoms in total. The number of fused-ring (bicyclic) bond motifs is 10. The zero-order valence-corrected chi connectivity index (χ0v) is 26.7. The molecule has 2 heterocycles. The highest BCUT2D eigenvalue weighted by molar-refractivity contribution is 6.28. The highest BCUT2D eigenvalue weighted by Crippen LogP contribution is 2.52. The minimum Gasteiger partial charge on any atom is -0.456 e. The van der Waals surface area contributed by atoms with Crippen LogP contribution in [0, 0.1) is 0 Å². The highest BCUT2D eigenvalue weighted by Gasteiger charge is 2.36. The molecule has 1 aliphatic rings. The maximum atomic E-state index is 6.83. The van der Waals surface area contributed by atoms with Crippen molar-refractivity contribution in [3.05, 3.63) is 163 Å². The molecule has 2 aromatic heterocycles. The summed E-state index contributed by atoms with van der Waals surface area (Å²) in [5, 5.41) is 4.32. The van der Waals surface area contributed by atoms with Gasteiger partial charge in [0.15, 0.2) is 5.58 Å². The number of furan rings is 2. The van der Waals surface area contributed by atoms with Gasteiger partial charge in [0, 0.05) is 44.4 Å². The largest absolute Gasteiger partial charge is 0.456 e. The van der Waals surface area contributed by atoms with Crippen LogP contribution in [0.1, 0.15) is 25.0 Å². The molecule has 0 atom stereocenters. The number of hydrogen-bond acceptors (Lipinski definition) is 3. The number of nitrogens with zero attached hydrogens (tertiary/aromatic N) is 1. The molecule has 0 unspecified atom stereocenters. The number of rotatable bonds is 4. The molecule has 0 aliphatic heterocycles. The van der Waals surface area contributed by atoms with Crippen molar-refractivity contribution in [2.24, 2.45) is 0 Å². The summed E-state index contributed by atoms with van der Waals surface area (Å²) >= 11 is 0. The van der Waals surface area contributed by atoms with Crippen LogP contribution in [0.25, 0.3) is 66.1 Å². The van der Waals surface area contributed by atoms with Crippen LogP contribution in [0.3, 0.4) is 0 Å². The minimum absolute atomic E-state index is 0.137. The summed E-state index contributed by atoms with van der Waals surface area (Å²) in [6.45, 7) is 4.66. The summed E-state index contributed by atoms with van der Waals surface area (Å²) in [7, 11) is 0. The van der Waals surface area contributed by atoms with E-state index >= 15 is 0 Å². The molecule has 0 saturated carbocycles. The van der Waals surface area contributed by atoms with Gasteiger partial charge >= 0.3 is 0 Å². The van der Waals surface area contributed by atoms with Crippen molar-refractivity contribution >= 4 is 60.9 Å². The van der Waals surface area contributed by atoms with Crippen molar-refractivity contribution in [3.63, 3.8) is 0 Å². The Bertz CT molecular complexity index is 2690. The van der Waals surface area contributed by atoms with Crippen molar-refractivity contribution in [1.82, 2.24) is 0 Å². The molecule has 0 amide bonds. The van der Waals surface area contributed by atoms with Crippen molar-refractivity contribution in [2.75, 3.05) is 4.90 Å². The molecule has 48 heavy (non-hydrogen) atoms. The van der Waals surface area contributed by atoms with Gasteiger partial charge in [0.1, 0.15) is 16.7 Å². The second kappa shape index (κ2) is 9.97. The third kappa shape index (κ3) is 3.82. The average Bonchev–Trinajstić information content (AvgIpc) is 3.77. The molecular formula is C45H31NO2. The maximum absolute atomic E-state index is 6.83. The third-order valence-corrected chi connectivity index (χ3v) is 10.3. The smallest absolute Gasteiger partial charge is 0.160 e. The summed E-state index contributed by atoms with van der Waals surface area (Å²) in [6, 6.07) is 53.9. The van der Waals surface area contributed by atoms with Crippen LogP contribution >= 0.6 is 0 Å². The summed E-state index contributed by atoms with van der Waals surface area (Å²) in [4.78, 5) is 2.34. The fraction of sp³-hybridized carbons (Fsp3) is 0.0667. The predicted octanol–water partition coefficient (Wildman–Crippen LogP) is 12.9. The summed E-state index contributed by atoms with van der Waals surface area (Å²) in [6.07, 6.45) is 0. The molecule has 1 aliphatic carbocycles. The van der Waals surface area contributed by atoms with Crippen molar-refractivity contribution in [2.45, 2.75) is 19.3 Å². The Balaban J connectivity index is 1.27. The Kier molecular flexibility index (Phi) is 5.63. The molecule has 0 N–H and O–H groups in total. The fourth-order valence-electron chi connectivity index (χ4n) is 7.95. The number of anilines is 3.